The van der Waals surface area contributed by atoms with Gasteiger partial charge >= 0.3 is 0 Å². The summed E-state index contributed by atoms with van der Waals surface area (Å²) >= 11 is 0. The molecule has 0 aliphatic carbocycles. The highest BCUT2D eigenvalue weighted by Crippen LogP contribution is 2.27. The minimum absolute atomic E-state index is 0.0889. The van der Waals surface area contributed by atoms with Crippen LogP contribution in [-0.2, 0) is 27.3 Å². The molecular weight excluding hydrogens is 407 g/mol. The maximum atomic E-state index is 13.4. The summed E-state index contributed by atoms with van der Waals surface area (Å²) in [6.45, 7) is 2.03. The summed E-state index contributed by atoms with van der Waals surface area (Å²) < 4.78 is 13.4. The Hall–Kier alpha value is -3.80. The lowest BCUT2D eigenvalue weighted by Gasteiger charge is -2.28. The zero-order chi connectivity index (χ0) is 22.7. The summed E-state index contributed by atoms with van der Waals surface area (Å²) in [4.78, 5) is 41.9. The number of aryl methyl sites for hydroxylation is 1. The average molecular weight is 430 g/mol. The van der Waals surface area contributed by atoms with Crippen molar-refractivity contribution in [1.82, 2.24) is 4.90 Å². The van der Waals surface area contributed by atoms with Gasteiger partial charge in [-0.1, -0.05) is 60.2 Å². The van der Waals surface area contributed by atoms with Crippen LogP contribution in [0.4, 0.5) is 10.1 Å². The van der Waals surface area contributed by atoms with Crippen molar-refractivity contribution < 1.29 is 18.8 Å². The molecule has 0 bridgehead atoms. The normalized spacial score (nSPS) is 15.8. The van der Waals surface area contributed by atoms with Crippen molar-refractivity contribution in [3.05, 3.63) is 101 Å². The number of carbonyl (C=O) groups excluding carboxylic acids is 3. The highest BCUT2D eigenvalue weighted by molar-refractivity contribution is 6.23. The quantitative estimate of drug-likeness (QED) is 0.555. The summed E-state index contributed by atoms with van der Waals surface area (Å²) in [6.07, 6.45) is 0.0129. The second-order valence-corrected chi connectivity index (χ2v) is 7.93. The van der Waals surface area contributed by atoms with Crippen LogP contribution < -0.4 is 4.90 Å². The topological polar surface area (TPSA) is 57.7 Å². The highest BCUT2D eigenvalue weighted by Gasteiger charge is 2.44. The van der Waals surface area contributed by atoms with E-state index in [1.54, 1.807) is 24.3 Å². The van der Waals surface area contributed by atoms with Gasteiger partial charge in [-0.3, -0.25) is 14.4 Å². The fraction of sp³-hybridized carbons (Fsp3) is 0.192. The second-order valence-electron chi connectivity index (χ2n) is 7.93. The van der Waals surface area contributed by atoms with Crippen LogP contribution in [-0.4, -0.2) is 28.7 Å². The van der Waals surface area contributed by atoms with E-state index in [2.05, 4.69) is 0 Å². The number of anilines is 1. The molecule has 0 spiro atoms. The Morgan fingerprint density at radius 1 is 0.938 bits per heavy atom. The van der Waals surface area contributed by atoms with E-state index in [0.717, 1.165) is 16.0 Å². The van der Waals surface area contributed by atoms with Gasteiger partial charge in [0.05, 0.1) is 18.5 Å². The van der Waals surface area contributed by atoms with Gasteiger partial charge in [0.2, 0.25) is 11.8 Å². The van der Waals surface area contributed by atoms with Crippen LogP contribution in [0.25, 0.3) is 0 Å². The van der Waals surface area contributed by atoms with Crippen LogP contribution in [0.15, 0.2) is 78.9 Å². The number of imide groups is 1. The number of amides is 3. The molecule has 6 heteroatoms. The molecule has 3 amide bonds. The predicted octanol–water partition coefficient (Wildman–Crippen LogP) is 4.04. The molecule has 1 aliphatic heterocycles. The zero-order valence-corrected chi connectivity index (χ0v) is 17.7. The van der Waals surface area contributed by atoms with E-state index in [1.165, 1.54) is 17.0 Å². The monoisotopic (exact) mass is 430 g/mol. The van der Waals surface area contributed by atoms with Gasteiger partial charge in [0.1, 0.15) is 11.9 Å². The molecule has 0 radical (unpaired) electrons. The van der Waals surface area contributed by atoms with Crippen molar-refractivity contribution >= 4 is 23.4 Å². The summed E-state index contributed by atoms with van der Waals surface area (Å²) in [7, 11) is 0. The number of rotatable bonds is 6. The third-order valence-electron chi connectivity index (χ3n) is 5.58. The van der Waals surface area contributed by atoms with Crippen LogP contribution in [0.2, 0.25) is 0 Å². The molecule has 1 saturated heterocycles. The van der Waals surface area contributed by atoms with E-state index >= 15 is 0 Å². The van der Waals surface area contributed by atoms with Crippen molar-refractivity contribution in [3.8, 4) is 0 Å². The van der Waals surface area contributed by atoms with Gasteiger partial charge in [-0.15, -0.1) is 0 Å². The van der Waals surface area contributed by atoms with E-state index in [4.69, 9.17) is 0 Å². The molecule has 1 heterocycles. The Balaban J connectivity index is 1.63. The largest absolute Gasteiger partial charge is 0.325 e. The van der Waals surface area contributed by atoms with Crippen molar-refractivity contribution in [3.63, 3.8) is 0 Å². The van der Waals surface area contributed by atoms with Crippen molar-refractivity contribution in [1.29, 1.82) is 0 Å². The van der Waals surface area contributed by atoms with Crippen LogP contribution >= 0.6 is 0 Å². The number of nitrogens with zero attached hydrogens (tertiary/aromatic N) is 2. The number of hydrogen-bond acceptors (Lipinski definition) is 3. The zero-order valence-electron chi connectivity index (χ0n) is 17.7. The van der Waals surface area contributed by atoms with E-state index in [9.17, 15) is 18.8 Å². The fourth-order valence-corrected chi connectivity index (χ4v) is 3.86. The molecule has 0 saturated carbocycles. The Morgan fingerprint density at radius 2 is 1.59 bits per heavy atom. The number of halogens is 1. The molecule has 32 heavy (non-hydrogen) atoms. The van der Waals surface area contributed by atoms with E-state index in [0.29, 0.717) is 11.3 Å². The van der Waals surface area contributed by atoms with Gasteiger partial charge in [0.25, 0.3) is 5.91 Å². The van der Waals surface area contributed by atoms with Crippen LogP contribution in [0.3, 0.4) is 0 Å². The second kappa shape index (κ2) is 9.14. The first kappa shape index (κ1) is 21.4. The van der Waals surface area contributed by atoms with Crippen molar-refractivity contribution in [2.75, 3.05) is 4.90 Å². The Morgan fingerprint density at radius 3 is 2.25 bits per heavy atom. The SMILES string of the molecule is Cc1ccc(N2C(=O)CC(N(Cc3ccc(F)cc3)C(=O)Cc3ccccc3)C2=O)cc1. The van der Waals surface area contributed by atoms with Crippen LogP contribution in [0, 0.1) is 12.7 Å². The molecular formula is C26H23FN2O3. The van der Waals surface area contributed by atoms with Crippen molar-refractivity contribution in [2.24, 2.45) is 0 Å². The molecule has 5 nitrogen and oxygen atoms in total. The lowest BCUT2D eigenvalue weighted by molar-refractivity contribution is -0.138. The lowest BCUT2D eigenvalue weighted by atomic mass is 10.1. The van der Waals surface area contributed by atoms with E-state index in [-0.39, 0.29) is 37.0 Å². The van der Waals surface area contributed by atoms with Gasteiger partial charge in [-0.05, 0) is 42.3 Å². The maximum Gasteiger partial charge on any atom is 0.257 e. The van der Waals surface area contributed by atoms with Gasteiger partial charge in [0.15, 0.2) is 0 Å². The molecule has 0 aromatic heterocycles. The molecule has 1 fully saturated rings. The van der Waals surface area contributed by atoms with Gasteiger partial charge in [-0.25, -0.2) is 9.29 Å². The average Bonchev–Trinajstić information content (AvgIpc) is 3.08. The maximum absolute atomic E-state index is 13.4. The summed E-state index contributed by atoms with van der Waals surface area (Å²) in [6, 6.07) is 21.2. The third kappa shape index (κ3) is 4.59. The molecule has 1 unspecified atom stereocenters. The molecule has 3 aromatic carbocycles. The fourth-order valence-electron chi connectivity index (χ4n) is 3.86. The third-order valence-corrected chi connectivity index (χ3v) is 5.58. The standard InChI is InChI=1S/C26H23FN2O3/c1-18-7-13-22(14-8-18)29-25(31)16-23(26(29)32)28(17-20-9-11-21(27)12-10-20)24(30)15-19-5-3-2-4-6-19/h2-14,23H,15-17H2,1H3. The Kier molecular flexibility index (Phi) is 6.12. The summed E-state index contributed by atoms with van der Waals surface area (Å²) in [5, 5.41) is 0. The van der Waals surface area contributed by atoms with Gasteiger partial charge < -0.3 is 4.90 Å². The summed E-state index contributed by atoms with van der Waals surface area (Å²) in [5.74, 6) is -1.42. The van der Waals surface area contributed by atoms with Crippen LogP contribution in [0.5, 0.6) is 0 Å². The minimum atomic E-state index is -0.912. The van der Waals surface area contributed by atoms with Gasteiger partial charge in [0, 0.05) is 6.54 Å². The summed E-state index contributed by atoms with van der Waals surface area (Å²) in [5.41, 5.74) is 3.00. The Bertz CT molecular complexity index is 1130. The van der Waals surface area contributed by atoms with Gasteiger partial charge in [-0.2, -0.15) is 0 Å². The van der Waals surface area contributed by atoms with E-state index in [1.807, 2.05) is 49.4 Å². The smallest absolute Gasteiger partial charge is 0.257 e. The molecule has 1 atom stereocenters. The molecule has 3 aromatic rings. The molecule has 0 N–H and O–H groups in total. The first-order valence-electron chi connectivity index (χ1n) is 10.4. The van der Waals surface area contributed by atoms with Crippen molar-refractivity contribution in [2.45, 2.75) is 32.4 Å². The Labute approximate surface area is 186 Å². The minimum Gasteiger partial charge on any atom is -0.325 e. The lowest BCUT2D eigenvalue weighted by Crippen LogP contribution is -2.45. The highest BCUT2D eigenvalue weighted by atomic mass is 19.1. The first-order chi connectivity index (χ1) is 15.4. The first-order valence-corrected chi connectivity index (χ1v) is 10.4. The number of hydrogen-bond donors (Lipinski definition) is 0. The van der Waals surface area contributed by atoms with E-state index < -0.39 is 11.9 Å². The molecule has 162 valence electrons. The number of benzene rings is 3. The molecule has 1 aliphatic rings. The molecule has 4 rings (SSSR count). The van der Waals surface area contributed by atoms with Crippen LogP contribution in [0.1, 0.15) is 23.1 Å². The number of carbonyl (C=O) groups is 3. The predicted molar refractivity (Wildman–Crippen MR) is 119 cm³/mol.